The molecule has 152 valence electrons. The van der Waals surface area contributed by atoms with Gasteiger partial charge in [0.1, 0.15) is 0 Å². The Morgan fingerprint density at radius 3 is 2.89 bits per heavy atom. The van der Waals surface area contributed by atoms with Gasteiger partial charge in [0.2, 0.25) is 0 Å². The van der Waals surface area contributed by atoms with Gasteiger partial charge in [0, 0.05) is 50.8 Å². The van der Waals surface area contributed by atoms with Crippen LogP contribution in [0.5, 0.6) is 0 Å². The van der Waals surface area contributed by atoms with E-state index in [1.165, 1.54) is 17.8 Å². The largest absolute Gasteiger partial charge is 0.376 e. The van der Waals surface area contributed by atoms with Gasteiger partial charge >= 0.3 is 0 Å². The Balaban J connectivity index is 1.30. The Morgan fingerprint density at radius 2 is 2.22 bits per heavy atom. The lowest BCUT2D eigenvalue weighted by atomic mass is 10.1. The molecular formula is C20H34N4O2S. The highest BCUT2D eigenvalue weighted by Crippen LogP contribution is 2.18. The van der Waals surface area contributed by atoms with Crippen LogP contribution in [-0.4, -0.2) is 67.9 Å². The Morgan fingerprint density at radius 1 is 1.37 bits per heavy atom. The van der Waals surface area contributed by atoms with E-state index in [-0.39, 0.29) is 0 Å². The molecule has 0 aromatic carbocycles. The molecular weight excluding hydrogens is 360 g/mol. The van der Waals surface area contributed by atoms with Gasteiger partial charge in [-0.1, -0.05) is 0 Å². The Bertz CT molecular complexity index is 578. The van der Waals surface area contributed by atoms with Crippen LogP contribution in [0.1, 0.15) is 49.2 Å². The SMILES string of the molecule is CN=C(NCCCc1nc(C)cs1)N1CCC(OCC2CCCCO2)CC1. The summed E-state index contributed by atoms with van der Waals surface area (Å²) in [4.78, 5) is 11.3. The minimum atomic E-state index is 0.313. The van der Waals surface area contributed by atoms with Crippen LogP contribution in [0.2, 0.25) is 0 Å². The highest BCUT2D eigenvalue weighted by atomic mass is 32.1. The number of ether oxygens (including phenoxy) is 2. The number of likely N-dealkylation sites (tertiary alicyclic amines) is 1. The van der Waals surface area contributed by atoms with Crippen LogP contribution in [0.4, 0.5) is 0 Å². The second-order valence-corrected chi connectivity index (χ2v) is 8.41. The molecule has 1 N–H and O–H groups in total. The van der Waals surface area contributed by atoms with Crippen molar-refractivity contribution in [3.8, 4) is 0 Å². The number of thiazole rings is 1. The summed E-state index contributed by atoms with van der Waals surface area (Å²) in [5.74, 6) is 1.01. The highest BCUT2D eigenvalue weighted by molar-refractivity contribution is 7.09. The zero-order valence-corrected chi connectivity index (χ0v) is 17.6. The first-order valence-electron chi connectivity index (χ1n) is 10.3. The molecule has 1 atom stereocenters. The van der Waals surface area contributed by atoms with Gasteiger partial charge in [0.25, 0.3) is 0 Å². The van der Waals surface area contributed by atoms with E-state index in [0.29, 0.717) is 12.2 Å². The number of hydrogen-bond donors (Lipinski definition) is 1. The monoisotopic (exact) mass is 394 g/mol. The van der Waals surface area contributed by atoms with Crippen molar-refractivity contribution in [3.63, 3.8) is 0 Å². The zero-order valence-electron chi connectivity index (χ0n) is 16.8. The average Bonchev–Trinajstić information content (AvgIpc) is 3.13. The smallest absolute Gasteiger partial charge is 0.193 e. The lowest BCUT2D eigenvalue weighted by molar-refractivity contribution is -0.0721. The van der Waals surface area contributed by atoms with Gasteiger partial charge in [-0.2, -0.15) is 0 Å². The molecule has 2 saturated heterocycles. The molecule has 0 aliphatic carbocycles. The minimum Gasteiger partial charge on any atom is -0.376 e. The van der Waals surface area contributed by atoms with Crippen molar-refractivity contribution < 1.29 is 9.47 Å². The first kappa shape index (κ1) is 20.6. The molecule has 2 aliphatic heterocycles. The number of aromatic nitrogens is 1. The van der Waals surface area contributed by atoms with Crippen molar-refractivity contribution in [1.82, 2.24) is 15.2 Å². The second kappa shape index (κ2) is 11.0. The van der Waals surface area contributed by atoms with E-state index in [0.717, 1.165) is 76.6 Å². The fourth-order valence-corrected chi connectivity index (χ4v) is 4.52. The first-order valence-corrected chi connectivity index (χ1v) is 11.2. The van der Waals surface area contributed by atoms with Crippen LogP contribution >= 0.6 is 11.3 Å². The number of hydrogen-bond acceptors (Lipinski definition) is 5. The van der Waals surface area contributed by atoms with Gasteiger partial charge in [0.15, 0.2) is 5.96 Å². The fraction of sp³-hybridized carbons (Fsp3) is 0.800. The molecule has 3 heterocycles. The van der Waals surface area contributed by atoms with Crippen LogP contribution in [0, 0.1) is 6.92 Å². The van der Waals surface area contributed by atoms with Gasteiger partial charge in [-0.05, 0) is 45.4 Å². The summed E-state index contributed by atoms with van der Waals surface area (Å²) in [7, 11) is 1.87. The predicted molar refractivity (Wildman–Crippen MR) is 111 cm³/mol. The number of aryl methyl sites for hydroxylation is 2. The molecule has 27 heavy (non-hydrogen) atoms. The van der Waals surface area contributed by atoms with Crippen molar-refractivity contribution >= 4 is 17.3 Å². The highest BCUT2D eigenvalue weighted by Gasteiger charge is 2.23. The summed E-state index contributed by atoms with van der Waals surface area (Å²) < 4.78 is 11.9. The van der Waals surface area contributed by atoms with Gasteiger partial charge in [-0.3, -0.25) is 4.99 Å². The van der Waals surface area contributed by atoms with Crippen molar-refractivity contribution in [1.29, 1.82) is 0 Å². The van der Waals surface area contributed by atoms with Crippen molar-refractivity contribution in [3.05, 3.63) is 16.1 Å². The summed E-state index contributed by atoms with van der Waals surface area (Å²) in [6.45, 7) is 6.64. The third-order valence-electron chi connectivity index (χ3n) is 5.26. The maximum absolute atomic E-state index is 6.12. The molecule has 2 aliphatic rings. The summed E-state index contributed by atoms with van der Waals surface area (Å²) >= 11 is 1.75. The predicted octanol–water partition coefficient (Wildman–Crippen LogP) is 3.01. The molecule has 0 radical (unpaired) electrons. The second-order valence-electron chi connectivity index (χ2n) is 7.47. The maximum Gasteiger partial charge on any atom is 0.193 e. The van der Waals surface area contributed by atoms with E-state index in [4.69, 9.17) is 9.47 Å². The van der Waals surface area contributed by atoms with E-state index in [1.54, 1.807) is 11.3 Å². The van der Waals surface area contributed by atoms with Gasteiger partial charge in [-0.15, -0.1) is 11.3 Å². The summed E-state index contributed by atoms with van der Waals surface area (Å²) in [5, 5.41) is 6.85. The number of rotatable bonds is 7. The lowest BCUT2D eigenvalue weighted by Crippen LogP contribution is -2.47. The first-order chi connectivity index (χ1) is 13.2. The van der Waals surface area contributed by atoms with Crippen LogP contribution in [0.15, 0.2) is 10.4 Å². The van der Waals surface area contributed by atoms with Crippen LogP contribution in [-0.2, 0) is 15.9 Å². The molecule has 0 amide bonds. The van der Waals surface area contributed by atoms with E-state index in [1.807, 2.05) is 7.05 Å². The van der Waals surface area contributed by atoms with Gasteiger partial charge in [0.05, 0.1) is 23.8 Å². The Kier molecular flexibility index (Phi) is 8.35. The molecule has 1 aromatic heterocycles. The molecule has 1 aromatic rings. The van der Waals surface area contributed by atoms with Crippen molar-refractivity contribution in [2.45, 2.75) is 64.1 Å². The number of aliphatic imine (C=N–C) groups is 1. The van der Waals surface area contributed by atoms with Crippen LogP contribution in [0.25, 0.3) is 0 Å². The maximum atomic E-state index is 6.12. The van der Waals surface area contributed by atoms with E-state index in [9.17, 15) is 0 Å². The van der Waals surface area contributed by atoms with Crippen molar-refractivity contribution in [2.24, 2.45) is 4.99 Å². The Hall–Kier alpha value is -1.18. The standard InChI is InChI=1S/C20H34N4O2S/c1-16-15-27-19(23-16)7-5-10-22-20(21-2)24-11-8-17(9-12-24)26-14-18-6-3-4-13-25-18/h15,17-18H,3-14H2,1-2H3,(H,21,22). The summed E-state index contributed by atoms with van der Waals surface area (Å²) in [6.07, 6.45) is 8.52. The van der Waals surface area contributed by atoms with Crippen LogP contribution in [0.3, 0.4) is 0 Å². The zero-order chi connectivity index (χ0) is 18.9. The topological polar surface area (TPSA) is 59.0 Å². The molecule has 2 fully saturated rings. The Labute approximate surface area is 167 Å². The van der Waals surface area contributed by atoms with Gasteiger partial charge in [-0.25, -0.2) is 4.98 Å². The molecule has 0 spiro atoms. The third-order valence-corrected chi connectivity index (χ3v) is 6.29. The van der Waals surface area contributed by atoms with E-state index >= 15 is 0 Å². The third kappa shape index (κ3) is 6.73. The molecule has 6 nitrogen and oxygen atoms in total. The number of piperidine rings is 1. The number of nitrogens with zero attached hydrogens (tertiary/aromatic N) is 3. The van der Waals surface area contributed by atoms with E-state index < -0.39 is 0 Å². The minimum absolute atomic E-state index is 0.313. The number of guanidine groups is 1. The summed E-state index contributed by atoms with van der Waals surface area (Å²) in [6, 6.07) is 0. The molecule has 0 bridgehead atoms. The fourth-order valence-electron chi connectivity index (χ4n) is 3.71. The van der Waals surface area contributed by atoms with Crippen LogP contribution < -0.4 is 5.32 Å². The summed E-state index contributed by atoms with van der Waals surface area (Å²) in [5.41, 5.74) is 1.12. The molecule has 0 saturated carbocycles. The quantitative estimate of drug-likeness (QED) is 0.438. The normalized spacial score (nSPS) is 22.2. The molecule has 1 unspecified atom stereocenters. The van der Waals surface area contributed by atoms with Crippen molar-refractivity contribution in [2.75, 3.05) is 39.9 Å². The molecule has 3 rings (SSSR count). The average molecular weight is 395 g/mol. The van der Waals surface area contributed by atoms with E-state index in [2.05, 4.69) is 32.5 Å². The number of nitrogens with one attached hydrogen (secondary N) is 1. The van der Waals surface area contributed by atoms with Gasteiger partial charge < -0.3 is 19.7 Å². The molecule has 7 heteroatoms. The lowest BCUT2D eigenvalue weighted by Gasteiger charge is -2.35.